The Morgan fingerprint density at radius 1 is 1.16 bits per heavy atom. The molecule has 6 nitrogen and oxygen atoms in total. The van der Waals surface area contributed by atoms with Crippen LogP contribution >= 0.6 is 23.2 Å². The van der Waals surface area contributed by atoms with E-state index in [0.717, 1.165) is 0 Å². The molecule has 3 aromatic rings. The number of aliphatic imine (C=N–C) groups is 1. The van der Waals surface area contributed by atoms with Crippen molar-refractivity contribution in [3.8, 4) is 5.69 Å². The van der Waals surface area contributed by atoms with Crippen LogP contribution in [0.1, 0.15) is 11.3 Å². The van der Waals surface area contributed by atoms with Gasteiger partial charge in [0.1, 0.15) is 0 Å². The molecule has 0 N–H and O–H groups in total. The van der Waals surface area contributed by atoms with Gasteiger partial charge in [0.05, 0.1) is 15.7 Å². The van der Waals surface area contributed by atoms with E-state index in [1.54, 1.807) is 55.5 Å². The van der Waals surface area contributed by atoms with E-state index in [9.17, 15) is 10.5 Å². The lowest BCUT2D eigenvalue weighted by Crippen LogP contribution is -2.18. The molecule has 2 aromatic carbocycles. The zero-order valence-electron chi connectivity index (χ0n) is 13.0. The lowest BCUT2D eigenvalue weighted by molar-refractivity contribution is -0.212. The molecule has 0 aliphatic heterocycles. The van der Waals surface area contributed by atoms with Gasteiger partial charge in [-0.25, -0.2) is 9.67 Å². The van der Waals surface area contributed by atoms with Crippen LogP contribution in [-0.4, -0.2) is 15.7 Å². The maximum Gasteiger partial charge on any atom is 0.451 e. The molecule has 25 heavy (non-hydrogen) atoms. The highest BCUT2D eigenvalue weighted by atomic mass is 35.5. The topological polar surface area (TPSA) is 81.4 Å². The molecule has 0 fully saturated rings. The van der Waals surface area contributed by atoms with Gasteiger partial charge in [-0.15, -0.1) is 0 Å². The fraction of sp³-hybridized carbons (Fsp3) is 0.0588. The molecule has 0 atom stereocenters. The van der Waals surface area contributed by atoms with Gasteiger partial charge in [-0.2, -0.15) is 5.10 Å². The van der Waals surface area contributed by atoms with E-state index in [4.69, 9.17) is 23.2 Å². The highest BCUT2D eigenvalue weighted by Crippen LogP contribution is 2.35. The SMILES string of the molecule is Cc1nn(-c2ccc(Cl)c(Cl)c2)c(N=C([O-])c2ccccc2)c1[N+]#N. The van der Waals surface area contributed by atoms with E-state index in [2.05, 4.69) is 15.1 Å². The largest absolute Gasteiger partial charge is 0.858 e. The lowest BCUT2D eigenvalue weighted by Gasteiger charge is -2.10. The molecule has 124 valence electrons. The molecule has 0 radical (unpaired) electrons. The Morgan fingerprint density at radius 2 is 1.88 bits per heavy atom. The summed E-state index contributed by atoms with van der Waals surface area (Å²) in [5.41, 5.74) is 1.46. The van der Waals surface area contributed by atoms with Crippen molar-refractivity contribution in [3.05, 3.63) is 74.8 Å². The number of hydrogen-bond acceptors (Lipinski definition) is 4. The van der Waals surface area contributed by atoms with Crippen molar-refractivity contribution in [2.24, 2.45) is 4.99 Å². The van der Waals surface area contributed by atoms with Gasteiger partial charge >= 0.3 is 5.69 Å². The Kier molecular flexibility index (Phi) is 4.70. The lowest BCUT2D eigenvalue weighted by atomic mass is 10.2. The van der Waals surface area contributed by atoms with Crippen molar-refractivity contribution in [1.29, 1.82) is 5.39 Å². The summed E-state index contributed by atoms with van der Waals surface area (Å²) in [6.45, 7) is 1.65. The number of aryl methyl sites for hydroxylation is 1. The molecule has 0 saturated heterocycles. The van der Waals surface area contributed by atoms with Crippen molar-refractivity contribution in [3.63, 3.8) is 0 Å². The van der Waals surface area contributed by atoms with Crippen LogP contribution in [-0.2, 0) is 0 Å². The molecule has 0 unspecified atom stereocenters. The molecule has 3 rings (SSSR count). The quantitative estimate of drug-likeness (QED) is 0.388. The van der Waals surface area contributed by atoms with Crippen molar-refractivity contribution in [2.75, 3.05) is 0 Å². The minimum atomic E-state index is -0.480. The highest BCUT2D eigenvalue weighted by molar-refractivity contribution is 6.42. The minimum Gasteiger partial charge on any atom is -0.858 e. The van der Waals surface area contributed by atoms with Crippen LogP contribution in [0.2, 0.25) is 10.0 Å². The number of rotatable bonds is 3. The van der Waals surface area contributed by atoms with Gasteiger partial charge in [0.2, 0.25) is 5.39 Å². The Morgan fingerprint density at radius 3 is 2.52 bits per heavy atom. The summed E-state index contributed by atoms with van der Waals surface area (Å²) in [5.74, 6) is -0.376. The predicted molar refractivity (Wildman–Crippen MR) is 95.7 cm³/mol. The summed E-state index contributed by atoms with van der Waals surface area (Å²) < 4.78 is 1.38. The fourth-order valence-corrected chi connectivity index (χ4v) is 2.55. The Balaban J connectivity index is 2.19. The summed E-state index contributed by atoms with van der Waals surface area (Å²) in [5, 5.41) is 26.7. The summed E-state index contributed by atoms with van der Waals surface area (Å²) in [7, 11) is 0. The van der Waals surface area contributed by atoms with E-state index < -0.39 is 5.90 Å². The van der Waals surface area contributed by atoms with Gasteiger partial charge in [-0.05, 0) is 36.6 Å². The second kappa shape index (κ2) is 6.93. The van der Waals surface area contributed by atoms with Gasteiger partial charge in [0, 0.05) is 0 Å². The first-order valence-corrected chi connectivity index (χ1v) is 7.98. The highest BCUT2D eigenvalue weighted by Gasteiger charge is 2.26. The van der Waals surface area contributed by atoms with E-state index in [1.807, 2.05) is 0 Å². The van der Waals surface area contributed by atoms with Crippen LogP contribution in [0.3, 0.4) is 0 Å². The van der Waals surface area contributed by atoms with Gasteiger partial charge < -0.3 is 5.11 Å². The van der Waals surface area contributed by atoms with E-state index in [1.165, 1.54) is 4.68 Å². The summed E-state index contributed by atoms with van der Waals surface area (Å²) in [4.78, 5) is 7.30. The molecule has 0 bridgehead atoms. The molecular weight excluding hydrogens is 361 g/mol. The van der Waals surface area contributed by atoms with Crippen molar-refractivity contribution in [1.82, 2.24) is 9.78 Å². The van der Waals surface area contributed by atoms with Gasteiger partial charge in [-0.3, -0.25) is 0 Å². The van der Waals surface area contributed by atoms with E-state index in [-0.39, 0.29) is 11.5 Å². The first kappa shape index (κ1) is 17.0. The normalized spacial score (nSPS) is 11.4. The maximum absolute atomic E-state index is 12.4. The number of halogens is 2. The average Bonchev–Trinajstić information content (AvgIpc) is 2.93. The van der Waals surface area contributed by atoms with Crippen molar-refractivity contribution >= 4 is 40.6 Å². The molecule has 0 saturated carbocycles. The van der Waals surface area contributed by atoms with Crippen LogP contribution in [0.15, 0.2) is 53.5 Å². The van der Waals surface area contributed by atoms with E-state index >= 15 is 0 Å². The van der Waals surface area contributed by atoms with Crippen LogP contribution in [0.5, 0.6) is 0 Å². The molecule has 0 aliphatic rings. The van der Waals surface area contributed by atoms with Gasteiger partial charge in [-0.1, -0.05) is 53.5 Å². The molecule has 1 heterocycles. The van der Waals surface area contributed by atoms with Gasteiger partial charge in [0.25, 0.3) is 5.82 Å². The molecular formula is C17H11Cl2N5O. The first-order chi connectivity index (χ1) is 12.0. The fourth-order valence-electron chi connectivity index (χ4n) is 2.26. The number of hydrogen-bond donors (Lipinski definition) is 0. The third-order valence-electron chi connectivity index (χ3n) is 3.48. The third-order valence-corrected chi connectivity index (χ3v) is 4.22. The number of diazo groups is 1. The zero-order valence-corrected chi connectivity index (χ0v) is 14.5. The van der Waals surface area contributed by atoms with Gasteiger partial charge in [0.15, 0.2) is 10.7 Å². The number of aromatic nitrogens is 2. The maximum atomic E-state index is 12.4. The smallest absolute Gasteiger partial charge is 0.451 e. The van der Waals surface area contributed by atoms with Crippen molar-refractivity contribution in [2.45, 2.75) is 6.92 Å². The summed E-state index contributed by atoms with van der Waals surface area (Å²) in [6, 6.07) is 13.4. The Hall–Kier alpha value is -2.88. The molecule has 0 spiro atoms. The molecule has 1 aromatic heterocycles. The summed E-state index contributed by atoms with van der Waals surface area (Å²) in [6.07, 6.45) is 0. The first-order valence-electron chi connectivity index (χ1n) is 7.22. The number of nitrogens with zero attached hydrogens (tertiary/aromatic N) is 5. The second-order valence-electron chi connectivity index (χ2n) is 5.15. The van der Waals surface area contributed by atoms with Crippen LogP contribution in [0.4, 0.5) is 11.5 Å². The predicted octanol–water partition coefficient (Wildman–Crippen LogP) is 4.41. The second-order valence-corrected chi connectivity index (χ2v) is 5.97. The van der Waals surface area contributed by atoms with Crippen LogP contribution in [0.25, 0.3) is 10.7 Å². The van der Waals surface area contributed by atoms with Crippen LogP contribution < -0.4 is 5.11 Å². The molecule has 0 aliphatic carbocycles. The van der Waals surface area contributed by atoms with Crippen LogP contribution in [0, 0.1) is 12.3 Å². The monoisotopic (exact) mass is 371 g/mol. The average molecular weight is 372 g/mol. The summed E-state index contributed by atoms with van der Waals surface area (Å²) >= 11 is 12.0. The van der Waals surface area contributed by atoms with Crippen molar-refractivity contribution < 1.29 is 5.11 Å². The van der Waals surface area contributed by atoms with E-state index in [0.29, 0.717) is 27.0 Å². The number of benzene rings is 2. The Labute approximate surface area is 153 Å². The standard InChI is InChI=1S/C17H11Cl2N5O/c1-10-15(22-20)16(21-17(25)11-5-3-2-4-6-11)24(23-10)12-7-8-13(18)14(19)9-12/h2-9H,1H3. The zero-order chi connectivity index (χ0) is 18.0. The minimum absolute atomic E-state index is 0.104. The molecule has 8 heteroatoms. The Bertz CT molecular complexity index is 1010. The molecule has 0 amide bonds. The third kappa shape index (κ3) is 3.33.